The highest BCUT2D eigenvalue weighted by molar-refractivity contribution is 5.85. The van der Waals surface area contributed by atoms with Crippen molar-refractivity contribution in [3.63, 3.8) is 0 Å². The molecule has 0 unspecified atom stereocenters. The Morgan fingerprint density at radius 3 is 3.00 bits per heavy atom. The number of fused-ring (bicyclic) bond motifs is 1. The Bertz CT molecular complexity index is 601. The van der Waals surface area contributed by atoms with Crippen molar-refractivity contribution in [1.82, 2.24) is 4.98 Å². The largest absolute Gasteiger partial charge is 0.477 e. The first-order valence-corrected chi connectivity index (χ1v) is 4.90. The van der Waals surface area contributed by atoms with Gasteiger partial charge in [0.1, 0.15) is 11.2 Å². The summed E-state index contributed by atoms with van der Waals surface area (Å²) in [6.45, 7) is 0. The molecule has 0 fully saturated rings. The van der Waals surface area contributed by atoms with E-state index >= 15 is 0 Å². The van der Waals surface area contributed by atoms with Crippen LogP contribution in [0.1, 0.15) is 5.56 Å². The zero-order valence-corrected chi connectivity index (χ0v) is 8.88. The number of nitrogens with zero attached hydrogens (tertiary/aromatic N) is 1. The molecule has 0 radical (unpaired) electrons. The van der Waals surface area contributed by atoms with E-state index in [0.29, 0.717) is 17.5 Å². The Morgan fingerprint density at radius 1 is 1.53 bits per heavy atom. The van der Waals surface area contributed by atoms with Gasteiger partial charge in [0.25, 0.3) is 6.01 Å². The van der Waals surface area contributed by atoms with Crippen molar-refractivity contribution >= 4 is 23.1 Å². The molecule has 0 saturated heterocycles. The number of rotatable bonds is 3. The molecule has 0 amide bonds. The number of hydrogen-bond acceptors (Lipinski definition) is 5. The lowest BCUT2D eigenvalue weighted by Crippen LogP contribution is -2.09. The third kappa shape index (κ3) is 2.36. The predicted molar refractivity (Wildman–Crippen MR) is 62.0 cm³/mol. The fourth-order valence-electron chi connectivity index (χ4n) is 1.43. The topological polar surface area (TPSA) is 115 Å². The molecule has 1 heterocycles. The number of benzene rings is 1. The number of allylic oxidation sites excluding steroid dienone is 1. The van der Waals surface area contributed by atoms with Crippen LogP contribution in [0.4, 0.5) is 6.01 Å². The van der Waals surface area contributed by atoms with E-state index in [9.17, 15) is 4.79 Å². The molecule has 0 atom stereocenters. The lowest BCUT2D eigenvalue weighted by molar-refractivity contribution is -0.132. The van der Waals surface area contributed by atoms with Crippen molar-refractivity contribution in [1.29, 1.82) is 0 Å². The number of aliphatic carboxylic acids is 1. The SMILES string of the molecule is N/C(=C\Cc1ccc2oc(N)nc2c1)C(=O)O. The molecule has 0 aliphatic heterocycles. The molecule has 0 bridgehead atoms. The number of nitrogens with two attached hydrogens (primary N) is 2. The summed E-state index contributed by atoms with van der Waals surface area (Å²) in [6.07, 6.45) is 1.85. The molecule has 2 rings (SSSR count). The van der Waals surface area contributed by atoms with Crippen molar-refractivity contribution in [3.8, 4) is 0 Å². The van der Waals surface area contributed by atoms with Gasteiger partial charge in [-0.3, -0.25) is 0 Å². The molecule has 17 heavy (non-hydrogen) atoms. The van der Waals surface area contributed by atoms with Crippen LogP contribution < -0.4 is 11.5 Å². The lowest BCUT2D eigenvalue weighted by Gasteiger charge is -1.97. The maximum absolute atomic E-state index is 10.5. The molecule has 0 aliphatic carbocycles. The summed E-state index contributed by atoms with van der Waals surface area (Å²) in [5.74, 6) is -1.13. The average molecular weight is 233 g/mol. The molecule has 2 aromatic rings. The van der Waals surface area contributed by atoms with Gasteiger partial charge in [0, 0.05) is 0 Å². The summed E-state index contributed by atoms with van der Waals surface area (Å²) < 4.78 is 5.12. The third-order valence-corrected chi connectivity index (χ3v) is 2.27. The van der Waals surface area contributed by atoms with Crippen molar-refractivity contribution in [3.05, 3.63) is 35.5 Å². The Kier molecular flexibility index (Phi) is 2.70. The summed E-state index contributed by atoms with van der Waals surface area (Å²) in [6, 6.07) is 5.43. The van der Waals surface area contributed by atoms with Gasteiger partial charge in [-0.2, -0.15) is 4.98 Å². The smallest absolute Gasteiger partial charge is 0.351 e. The van der Waals surface area contributed by atoms with Crippen LogP contribution in [0.15, 0.2) is 34.4 Å². The van der Waals surface area contributed by atoms with Gasteiger partial charge in [0.15, 0.2) is 5.58 Å². The maximum atomic E-state index is 10.5. The van der Waals surface area contributed by atoms with Crippen molar-refractivity contribution in [2.45, 2.75) is 6.42 Å². The minimum absolute atomic E-state index is 0.109. The standard InChI is InChI=1S/C11H11N3O3/c12-7(10(15)16)3-1-6-2-4-9-8(5-6)14-11(13)17-9/h2-5H,1,12H2,(H2,13,14)(H,15,16)/b7-3-. The molecule has 6 heteroatoms. The number of carboxylic acid groups (broad SMARTS) is 1. The Morgan fingerprint density at radius 2 is 2.29 bits per heavy atom. The van der Waals surface area contributed by atoms with E-state index < -0.39 is 5.97 Å². The molecule has 1 aromatic carbocycles. The van der Waals surface area contributed by atoms with E-state index in [2.05, 4.69) is 4.98 Å². The Labute approximate surface area is 96.5 Å². The number of carboxylic acids is 1. The third-order valence-electron chi connectivity index (χ3n) is 2.27. The van der Waals surface area contributed by atoms with E-state index in [1.54, 1.807) is 18.2 Å². The molecule has 0 aliphatic rings. The van der Waals surface area contributed by atoms with E-state index in [1.807, 2.05) is 0 Å². The average Bonchev–Trinajstić information content (AvgIpc) is 2.64. The predicted octanol–water partition coefficient (Wildman–Crippen LogP) is 0.880. The molecule has 88 valence electrons. The molecule has 0 spiro atoms. The van der Waals surface area contributed by atoms with Crippen LogP contribution in [-0.4, -0.2) is 16.1 Å². The van der Waals surface area contributed by atoms with Crippen molar-refractivity contribution in [2.75, 3.05) is 5.73 Å². The summed E-state index contributed by atoms with van der Waals surface area (Å²) >= 11 is 0. The summed E-state index contributed by atoms with van der Waals surface area (Å²) in [7, 11) is 0. The van der Waals surface area contributed by atoms with E-state index in [4.69, 9.17) is 21.0 Å². The molecule has 6 nitrogen and oxygen atoms in total. The number of nitrogen functional groups attached to an aromatic ring is 1. The van der Waals surface area contributed by atoms with Gasteiger partial charge in [0.05, 0.1) is 0 Å². The molecular formula is C11H11N3O3. The lowest BCUT2D eigenvalue weighted by atomic mass is 10.1. The first-order chi connectivity index (χ1) is 8.06. The zero-order valence-electron chi connectivity index (χ0n) is 8.88. The number of carbonyl (C=O) groups is 1. The van der Waals surface area contributed by atoms with Crippen LogP contribution in [0, 0.1) is 0 Å². The first kappa shape index (κ1) is 11.0. The van der Waals surface area contributed by atoms with Gasteiger partial charge < -0.3 is 21.0 Å². The normalized spacial score (nSPS) is 11.9. The molecule has 0 saturated carbocycles. The number of aromatic nitrogens is 1. The van der Waals surface area contributed by atoms with Gasteiger partial charge in [-0.25, -0.2) is 4.79 Å². The highest BCUT2D eigenvalue weighted by Gasteiger charge is 2.04. The van der Waals surface area contributed by atoms with Crippen LogP contribution in [0.3, 0.4) is 0 Å². The number of anilines is 1. The second-order valence-corrected chi connectivity index (χ2v) is 3.52. The minimum Gasteiger partial charge on any atom is -0.477 e. The quantitative estimate of drug-likeness (QED) is 0.678. The first-order valence-electron chi connectivity index (χ1n) is 4.90. The van der Waals surface area contributed by atoms with E-state index in [0.717, 1.165) is 5.56 Å². The van der Waals surface area contributed by atoms with Crippen LogP contribution >= 0.6 is 0 Å². The molecule has 1 aromatic heterocycles. The fourth-order valence-corrected chi connectivity index (χ4v) is 1.43. The second-order valence-electron chi connectivity index (χ2n) is 3.52. The maximum Gasteiger partial charge on any atom is 0.351 e. The van der Waals surface area contributed by atoms with Crippen LogP contribution in [0.5, 0.6) is 0 Å². The van der Waals surface area contributed by atoms with Gasteiger partial charge in [-0.1, -0.05) is 6.07 Å². The minimum atomic E-state index is -1.13. The number of hydrogen-bond donors (Lipinski definition) is 3. The van der Waals surface area contributed by atoms with Gasteiger partial charge in [-0.05, 0) is 30.2 Å². The fraction of sp³-hybridized carbons (Fsp3) is 0.0909. The second kappa shape index (κ2) is 4.17. The number of oxazole rings is 1. The van der Waals surface area contributed by atoms with Crippen LogP contribution in [0.2, 0.25) is 0 Å². The monoisotopic (exact) mass is 233 g/mol. The highest BCUT2D eigenvalue weighted by Crippen LogP contribution is 2.18. The van der Waals surface area contributed by atoms with Crippen LogP contribution in [0.25, 0.3) is 11.1 Å². The van der Waals surface area contributed by atoms with Crippen molar-refractivity contribution < 1.29 is 14.3 Å². The van der Waals surface area contributed by atoms with E-state index in [-0.39, 0.29) is 11.7 Å². The molecular weight excluding hydrogens is 222 g/mol. The van der Waals surface area contributed by atoms with Crippen molar-refractivity contribution in [2.24, 2.45) is 5.73 Å². The van der Waals surface area contributed by atoms with Crippen LogP contribution in [-0.2, 0) is 11.2 Å². The van der Waals surface area contributed by atoms with Gasteiger partial charge >= 0.3 is 5.97 Å². The highest BCUT2D eigenvalue weighted by atomic mass is 16.4. The molecule has 5 N–H and O–H groups in total. The van der Waals surface area contributed by atoms with Gasteiger partial charge in [-0.15, -0.1) is 0 Å². The summed E-state index contributed by atoms with van der Waals surface area (Å²) in [5, 5.41) is 8.60. The zero-order chi connectivity index (χ0) is 12.4. The Hall–Kier alpha value is -2.50. The summed E-state index contributed by atoms with van der Waals surface area (Å²) in [4.78, 5) is 14.5. The van der Waals surface area contributed by atoms with E-state index in [1.165, 1.54) is 6.08 Å². The summed E-state index contributed by atoms with van der Waals surface area (Å²) in [5.41, 5.74) is 12.7. The van der Waals surface area contributed by atoms with Gasteiger partial charge in [0.2, 0.25) is 0 Å². The Balaban J connectivity index is 2.25.